The third-order valence-corrected chi connectivity index (χ3v) is 13.2. The Morgan fingerprint density at radius 1 is 0.862 bits per heavy atom. The van der Waals surface area contributed by atoms with Crippen molar-refractivity contribution in [1.29, 1.82) is 0 Å². The number of carbonyl (C=O) groups excluding carboxylic acids is 2. The average Bonchev–Trinajstić information content (AvgIpc) is 3.70. The summed E-state index contributed by atoms with van der Waals surface area (Å²) in [5.74, 6) is -2.19. The van der Waals surface area contributed by atoms with Gasteiger partial charge in [-0.2, -0.15) is 0 Å². The van der Waals surface area contributed by atoms with Crippen LogP contribution in [0.4, 0.5) is 5.13 Å². The number of anilines is 1. The summed E-state index contributed by atoms with van der Waals surface area (Å²) in [4.78, 5) is 51.1. The van der Waals surface area contributed by atoms with Gasteiger partial charge in [0.05, 0.1) is 0 Å². The van der Waals surface area contributed by atoms with Crippen LogP contribution in [0.25, 0.3) is 0 Å². The van der Waals surface area contributed by atoms with E-state index in [4.69, 9.17) is 10.6 Å². The standard InChI is InChI=1S/C33H27N5O5S2.C12H23N/c1-2-20-18-44-30-26(29(40)38(30)27(20)31(41)42)36-28(39)25(24-19-45-32(34)35-24)37-43-33(21-12-6-3-7-13-21,22-14-8-4-9-15-22)23-16-10-5-11-17-23;1-3-7-11(8-4-1)13-12-9-5-2-6-10-12/h2-17,19,26,30H,1,18H2,(H2,34,35)(H,36,39)(H,41,42);11-13H,1-10H2/b37-25-;. The number of amides is 2. The van der Waals surface area contributed by atoms with Crippen molar-refractivity contribution in [2.75, 3.05) is 11.5 Å². The number of oxime groups is 1. The summed E-state index contributed by atoms with van der Waals surface area (Å²) in [6.07, 6.45) is 16.0. The van der Waals surface area contributed by atoms with Gasteiger partial charge in [0.15, 0.2) is 10.8 Å². The number of hydrogen-bond acceptors (Lipinski definition) is 10. The van der Waals surface area contributed by atoms with E-state index in [9.17, 15) is 19.5 Å². The number of carbonyl (C=O) groups is 3. The number of carboxylic acid groups (broad SMARTS) is 1. The molecule has 4 aromatic rings. The Balaban J connectivity index is 0.000000333. The number of carboxylic acids is 1. The Morgan fingerprint density at radius 3 is 1.83 bits per heavy atom. The molecule has 11 nitrogen and oxygen atoms in total. The van der Waals surface area contributed by atoms with E-state index >= 15 is 0 Å². The molecule has 1 saturated heterocycles. The van der Waals surface area contributed by atoms with Gasteiger partial charge in [0.2, 0.25) is 5.60 Å². The lowest BCUT2D eigenvalue weighted by atomic mass is 9.80. The van der Waals surface area contributed by atoms with Crippen LogP contribution in [0.2, 0.25) is 0 Å². The van der Waals surface area contributed by atoms with Crippen molar-refractivity contribution in [1.82, 2.24) is 20.5 Å². The topological polar surface area (TPSA) is 159 Å². The maximum absolute atomic E-state index is 13.9. The number of allylic oxidation sites excluding steroid dienone is 1. The highest BCUT2D eigenvalue weighted by Crippen LogP contribution is 2.42. The second-order valence-electron chi connectivity index (χ2n) is 15.0. The lowest BCUT2D eigenvalue weighted by molar-refractivity contribution is -0.150. The zero-order chi connectivity index (χ0) is 40.5. The van der Waals surface area contributed by atoms with Crippen molar-refractivity contribution < 1.29 is 24.3 Å². The highest BCUT2D eigenvalue weighted by Gasteiger charge is 2.54. The van der Waals surface area contributed by atoms with Gasteiger partial charge < -0.3 is 26.3 Å². The quantitative estimate of drug-likeness (QED) is 0.0489. The van der Waals surface area contributed by atoms with Crippen molar-refractivity contribution in [3.63, 3.8) is 0 Å². The van der Waals surface area contributed by atoms with Crippen molar-refractivity contribution >= 4 is 51.7 Å². The monoisotopic (exact) mass is 818 g/mol. The van der Waals surface area contributed by atoms with Crippen molar-refractivity contribution in [2.24, 2.45) is 5.16 Å². The molecule has 302 valence electrons. The number of nitrogens with two attached hydrogens (primary N) is 1. The molecule has 0 spiro atoms. The average molecular weight is 819 g/mol. The van der Waals surface area contributed by atoms with Gasteiger partial charge >= 0.3 is 5.97 Å². The first-order valence-electron chi connectivity index (χ1n) is 20.0. The van der Waals surface area contributed by atoms with Crippen LogP contribution in [0.1, 0.15) is 86.6 Å². The Labute approximate surface area is 347 Å². The molecule has 4 aliphatic rings. The van der Waals surface area contributed by atoms with E-state index in [1.54, 1.807) is 5.38 Å². The Bertz CT molecular complexity index is 2000. The zero-order valence-electron chi connectivity index (χ0n) is 32.4. The fraction of sp³-hybridized carbons (Fsp3) is 0.356. The molecule has 0 bridgehead atoms. The molecule has 3 heterocycles. The lowest BCUT2D eigenvalue weighted by Crippen LogP contribution is -2.71. The highest BCUT2D eigenvalue weighted by molar-refractivity contribution is 8.00. The third-order valence-electron chi connectivity index (χ3n) is 11.2. The fourth-order valence-corrected chi connectivity index (χ4v) is 10.2. The summed E-state index contributed by atoms with van der Waals surface area (Å²) >= 11 is 2.46. The molecule has 8 rings (SSSR count). The fourth-order valence-electron chi connectivity index (χ4n) is 8.27. The van der Waals surface area contributed by atoms with E-state index in [2.05, 4.69) is 27.4 Å². The van der Waals surface area contributed by atoms with Gasteiger partial charge in [0.25, 0.3) is 11.8 Å². The second-order valence-corrected chi connectivity index (χ2v) is 17.0. The van der Waals surface area contributed by atoms with Crippen LogP contribution in [0.3, 0.4) is 0 Å². The number of β-lactam (4-membered cyclic amide) rings is 1. The number of nitrogens with zero attached hydrogens (tertiary/aromatic N) is 3. The predicted octanol–water partition coefficient (Wildman–Crippen LogP) is 7.60. The summed E-state index contributed by atoms with van der Waals surface area (Å²) < 4.78 is 0. The Kier molecular flexibility index (Phi) is 13.4. The van der Waals surface area contributed by atoms with Crippen LogP contribution in [-0.2, 0) is 24.8 Å². The van der Waals surface area contributed by atoms with Crippen LogP contribution < -0.4 is 16.4 Å². The maximum atomic E-state index is 13.9. The smallest absolute Gasteiger partial charge is 0.352 e. The highest BCUT2D eigenvalue weighted by atomic mass is 32.2. The minimum Gasteiger partial charge on any atom is -0.477 e. The summed E-state index contributed by atoms with van der Waals surface area (Å²) in [5.41, 5.74) is 7.23. The Hall–Kier alpha value is -5.24. The molecule has 2 atom stereocenters. The van der Waals surface area contributed by atoms with Gasteiger partial charge in [0.1, 0.15) is 22.8 Å². The minimum absolute atomic E-state index is 0.132. The first kappa shape index (κ1) is 40.9. The van der Waals surface area contributed by atoms with Crippen LogP contribution in [0, 0.1) is 0 Å². The number of hydrogen-bond donors (Lipinski definition) is 4. The normalized spacial score (nSPS) is 20.2. The van der Waals surface area contributed by atoms with Crippen LogP contribution in [0.5, 0.6) is 0 Å². The maximum Gasteiger partial charge on any atom is 0.352 e. The molecular formula is C45H50N6O5S2. The zero-order valence-corrected chi connectivity index (χ0v) is 34.1. The summed E-state index contributed by atoms with van der Waals surface area (Å²) in [5, 5.41) is 22.0. The molecule has 2 unspecified atom stereocenters. The molecule has 2 saturated carbocycles. The molecule has 2 amide bonds. The van der Waals surface area contributed by atoms with Crippen LogP contribution in [0.15, 0.2) is 125 Å². The minimum atomic E-state index is -1.28. The van der Waals surface area contributed by atoms with Crippen molar-refractivity contribution in [2.45, 2.75) is 93.3 Å². The van der Waals surface area contributed by atoms with Gasteiger partial charge in [-0.1, -0.05) is 147 Å². The van der Waals surface area contributed by atoms with Gasteiger partial charge in [-0.3, -0.25) is 14.5 Å². The van der Waals surface area contributed by atoms with Crippen LogP contribution in [-0.4, -0.2) is 67.7 Å². The molecule has 1 aromatic heterocycles. The molecule has 13 heteroatoms. The number of benzene rings is 3. The number of thioether (sulfide) groups is 1. The van der Waals surface area contributed by atoms with E-state index in [0.29, 0.717) is 11.3 Å². The second kappa shape index (κ2) is 19.0. The molecule has 0 radical (unpaired) electrons. The number of fused-ring (bicyclic) bond motifs is 1. The van der Waals surface area contributed by atoms with Crippen molar-refractivity contribution in [3.8, 4) is 0 Å². The molecule has 2 aliphatic heterocycles. The van der Waals surface area contributed by atoms with Gasteiger partial charge in [0, 0.05) is 39.9 Å². The van der Waals surface area contributed by atoms with E-state index in [1.807, 2.05) is 91.0 Å². The molecule has 3 fully saturated rings. The number of aromatic nitrogens is 1. The van der Waals surface area contributed by atoms with Gasteiger partial charge in [-0.05, 0) is 31.3 Å². The SMILES string of the molecule is C1CCC(NC2CCCCC2)CC1.C=CC1=C(C(=O)O)N2C(=O)C(NC(=O)/C(=N\OC(c3ccccc3)(c3ccccc3)c3ccccc3)c3csc(N)n3)C2SC1. The van der Waals surface area contributed by atoms with E-state index in [-0.39, 0.29) is 22.2 Å². The molecule has 3 aromatic carbocycles. The predicted molar refractivity (Wildman–Crippen MR) is 230 cm³/mol. The number of nitrogens with one attached hydrogen (secondary N) is 2. The number of nitrogen functional groups attached to an aromatic ring is 1. The molecular weight excluding hydrogens is 769 g/mol. The number of thiazole rings is 1. The molecule has 5 N–H and O–H groups in total. The van der Waals surface area contributed by atoms with Crippen molar-refractivity contribution in [3.05, 3.63) is 143 Å². The van der Waals surface area contributed by atoms with E-state index in [0.717, 1.165) is 40.1 Å². The van der Waals surface area contributed by atoms with E-state index in [1.165, 1.54) is 86.9 Å². The number of rotatable bonds is 12. The first-order valence-corrected chi connectivity index (χ1v) is 22.0. The lowest BCUT2D eigenvalue weighted by Gasteiger charge is -2.49. The number of aliphatic carboxylic acids is 1. The van der Waals surface area contributed by atoms with Crippen LogP contribution >= 0.6 is 23.1 Å². The van der Waals surface area contributed by atoms with Gasteiger partial charge in [-0.15, -0.1) is 23.1 Å². The molecule has 58 heavy (non-hydrogen) atoms. The summed E-state index contributed by atoms with van der Waals surface area (Å²) in [6.45, 7) is 3.67. The largest absolute Gasteiger partial charge is 0.477 e. The summed E-state index contributed by atoms with van der Waals surface area (Å²) in [6, 6.07) is 29.3. The van der Waals surface area contributed by atoms with Gasteiger partial charge in [-0.25, -0.2) is 9.78 Å². The Morgan fingerprint density at radius 2 is 1.38 bits per heavy atom. The third kappa shape index (κ3) is 8.91. The molecule has 2 aliphatic carbocycles. The first-order chi connectivity index (χ1) is 28.3. The van der Waals surface area contributed by atoms with E-state index < -0.39 is 34.8 Å². The summed E-state index contributed by atoms with van der Waals surface area (Å²) in [7, 11) is 0.